The highest BCUT2D eigenvalue weighted by atomic mass is 16.6. The van der Waals surface area contributed by atoms with Crippen LogP contribution in [0.4, 0.5) is 4.79 Å². The largest absolute Gasteiger partial charge is 0.467 e. The van der Waals surface area contributed by atoms with E-state index in [-0.39, 0.29) is 6.04 Å². The van der Waals surface area contributed by atoms with Gasteiger partial charge in [0.05, 0.1) is 19.9 Å². The summed E-state index contributed by atoms with van der Waals surface area (Å²) in [6, 6.07) is 1.63. The molecule has 1 saturated heterocycles. The van der Waals surface area contributed by atoms with Gasteiger partial charge in [0.25, 0.3) is 0 Å². The Balaban J connectivity index is 1.85. The highest BCUT2D eigenvalue weighted by molar-refractivity contribution is 5.90. The summed E-state index contributed by atoms with van der Waals surface area (Å²) < 4.78 is 15.4. The van der Waals surface area contributed by atoms with Crippen LogP contribution >= 0.6 is 0 Å². The molecule has 1 atom stereocenters. The van der Waals surface area contributed by atoms with E-state index in [0.29, 0.717) is 24.4 Å². The predicted octanol–water partition coefficient (Wildman–Crippen LogP) is 2.17. The Labute approximate surface area is 135 Å². The van der Waals surface area contributed by atoms with Crippen molar-refractivity contribution < 1.29 is 23.5 Å². The smallest absolute Gasteiger partial charge is 0.407 e. The predicted molar refractivity (Wildman–Crippen MR) is 83.1 cm³/mol. The fourth-order valence-corrected chi connectivity index (χ4v) is 2.53. The molecule has 1 aromatic rings. The molecule has 2 heterocycles. The van der Waals surface area contributed by atoms with Gasteiger partial charge >= 0.3 is 12.1 Å². The second-order valence-electron chi connectivity index (χ2n) is 6.62. The lowest BCUT2D eigenvalue weighted by molar-refractivity contribution is 0.0505. The summed E-state index contributed by atoms with van der Waals surface area (Å²) in [5, 5.41) is 2.87. The standard InChI is InChI=1S/C16H24N2O5/c1-16(2,3)23-15(20)17-11-5-7-18(9-11)10-13-12(6-8-22-13)14(19)21-4/h6,8,11H,5,7,9-10H2,1-4H3,(H,17,20)/t11-/m1/s1. The molecule has 1 aliphatic heterocycles. The van der Waals surface area contributed by atoms with Crippen molar-refractivity contribution in [1.82, 2.24) is 10.2 Å². The number of rotatable bonds is 4. The summed E-state index contributed by atoms with van der Waals surface area (Å²) >= 11 is 0. The Morgan fingerprint density at radius 2 is 2.17 bits per heavy atom. The van der Waals surface area contributed by atoms with Gasteiger partial charge in [-0.2, -0.15) is 0 Å². The van der Waals surface area contributed by atoms with Crippen LogP contribution in [0.15, 0.2) is 16.7 Å². The van der Waals surface area contributed by atoms with Crippen LogP contribution in [-0.2, 0) is 16.0 Å². The van der Waals surface area contributed by atoms with Crippen LogP contribution in [0.1, 0.15) is 43.3 Å². The van der Waals surface area contributed by atoms with E-state index in [9.17, 15) is 9.59 Å². The molecule has 7 nitrogen and oxygen atoms in total. The molecular weight excluding hydrogens is 300 g/mol. The quantitative estimate of drug-likeness (QED) is 0.855. The van der Waals surface area contributed by atoms with Crippen LogP contribution in [0.25, 0.3) is 0 Å². The summed E-state index contributed by atoms with van der Waals surface area (Å²) in [4.78, 5) is 25.5. The molecule has 1 aromatic heterocycles. The van der Waals surface area contributed by atoms with E-state index in [0.717, 1.165) is 13.0 Å². The number of furan rings is 1. The minimum absolute atomic E-state index is 0.0291. The lowest BCUT2D eigenvalue weighted by Crippen LogP contribution is -2.40. The van der Waals surface area contributed by atoms with Crippen molar-refractivity contribution in [2.45, 2.75) is 45.4 Å². The first-order valence-corrected chi connectivity index (χ1v) is 7.65. The van der Waals surface area contributed by atoms with Crippen molar-refractivity contribution in [2.24, 2.45) is 0 Å². The molecule has 2 rings (SSSR count). The minimum atomic E-state index is -0.508. The number of alkyl carbamates (subject to hydrolysis) is 1. The number of nitrogens with one attached hydrogen (secondary N) is 1. The first kappa shape index (κ1) is 17.3. The number of ether oxygens (including phenoxy) is 2. The molecule has 0 bridgehead atoms. The van der Waals surface area contributed by atoms with Gasteiger partial charge in [0, 0.05) is 19.1 Å². The topological polar surface area (TPSA) is 81.0 Å². The SMILES string of the molecule is COC(=O)c1ccoc1CN1CC[C@@H](NC(=O)OC(C)(C)C)C1. The van der Waals surface area contributed by atoms with Crippen LogP contribution in [0.5, 0.6) is 0 Å². The van der Waals surface area contributed by atoms with Gasteiger partial charge in [-0.1, -0.05) is 0 Å². The molecule has 0 unspecified atom stereocenters. The van der Waals surface area contributed by atoms with Crippen molar-refractivity contribution in [1.29, 1.82) is 0 Å². The van der Waals surface area contributed by atoms with Crippen molar-refractivity contribution >= 4 is 12.1 Å². The van der Waals surface area contributed by atoms with Gasteiger partial charge in [0.1, 0.15) is 16.9 Å². The van der Waals surface area contributed by atoms with E-state index in [1.54, 1.807) is 6.07 Å². The van der Waals surface area contributed by atoms with Gasteiger partial charge in [0.15, 0.2) is 0 Å². The molecule has 1 aliphatic rings. The zero-order valence-electron chi connectivity index (χ0n) is 14.0. The maximum absolute atomic E-state index is 11.8. The Morgan fingerprint density at radius 3 is 2.83 bits per heavy atom. The van der Waals surface area contributed by atoms with E-state index in [1.165, 1.54) is 13.4 Å². The third-order valence-electron chi connectivity index (χ3n) is 3.51. The van der Waals surface area contributed by atoms with E-state index in [1.807, 2.05) is 20.8 Å². The van der Waals surface area contributed by atoms with E-state index in [4.69, 9.17) is 13.9 Å². The number of carbonyl (C=O) groups excluding carboxylic acids is 2. The van der Waals surface area contributed by atoms with Crippen molar-refractivity contribution in [3.8, 4) is 0 Å². The molecule has 0 spiro atoms. The third kappa shape index (κ3) is 4.99. The lowest BCUT2D eigenvalue weighted by atomic mass is 10.2. The number of hydrogen-bond acceptors (Lipinski definition) is 6. The summed E-state index contributed by atoms with van der Waals surface area (Å²) in [5.41, 5.74) is -0.0672. The molecule has 0 radical (unpaired) electrons. The van der Waals surface area contributed by atoms with Crippen LogP contribution in [0.2, 0.25) is 0 Å². The van der Waals surface area contributed by atoms with Crippen molar-refractivity contribution in [3.05, 3.63) is 23.7 Å². The second-order valence-corrected chi connectivity index (χ2v) is 6.62. The molecule has 23 heavy (non-hydrogen) atoms. The Morgan fingerprint density at radius 1 is 1.43 bits per heavy atom. The Kier molecular flexibility index (Phi) is 5.30. The maximum atomic E-state index is 11.8. The van der Waals surface area contributed by atoms with Crippen LogP contribution in [-0.4, -0.2) is 48.8 Å². The number of carbonyl (C=O) groups is 2. The van der Waals surface area contributed by atoms with Gasteiger partial charge in [-0.05, 0) is 33.3 Å². The van der Waals surface area contributed by atoms with E-state index >= 15 is 0 Å². The first-order chi connectivity index (χ1) is 10.8. The van der Waals surface area contributed by atoms with Crippen LogP contribution < -0.4 is 5.32 Å². The molecule has 0 saturated carbocycles. The normalized spacial score (nSPS) is 18.7. The monoisotopic (exact) mass is 324 g/mol. The highest BCUT2D eigenvalue weighted by Crippen LogP contribution is 2.18. The second kappa shape index (κ2) is 7.04. The van der Waals surface area contributed by atoms with E-state index < -0.39 is 17.7 Å². The van der Waals surface area contributed by atoms with Gasteiger partial charge in [-0.25, -0.2) is 9.59 Å². The zero-order valence-corrected chi connectivity index (χ0v) is 14.0. The summed E-state index contributed by atoms with van der Waals surface area (Å²) in [6.45, 7) is 7.49. The number of nitrogens with zero attached hydrogens (tertiary/aromatic N) is 1. The average Bonchev–Trinajstić information content (AvgIpc) is 3.06. The van der Waals surface area contributed by atoms with E-state index in [2.05, 4.69) is 10.2 Å². The first-order valence-electron chi connectivity index (χ1n) is 7.65. The fraction of sp³-hybridized carbons (Fsp3) is 0.625. The molecule has 1 N–H and O–H groups in total. The number of esters is 1. The summed E-state index contributed by atoms with van der Waals surface area (Å²) in [6.07, 6.45) is 1.90. The number of hydrogen-bond donors (Lipinski definition) is 1. The minimum Gasteiger partial charge on any atom is -0.467 e. The highest BCUT2D eigenvalue weighted by Gasteiger charge is 2.27. The molecular formula is C16H24N2O5. The fourth-order valence-electron chi connectivity index (χ4n) is 2.53. The number of methoxy groups -OCH3 is 1. The average molecular weight is 324 g/mol. The van der Waals surface area contributed by atoms with Crippen LogP contribution in [0.3, 0.4) is 0 Å². The Hall–Kier alpha value is -2.02. The van der Waals surface area contributed by atoms with Gasteiger partial charge in [-0.15, -0.1) is 0 Å². The van der Waals surface area contributed by atoms with Gasteiger partial charge < -0.3 is 19.2 Å². The lowest BCUT2D eigenvalue weighted by Gasteiger charge is -2.22. The van der Waals surface area contributed by atoms with Gasteiger partial charge in [-0.3, -0.25) is 4.90 Å². The summed E-state index contributed by atoms with van der Waals surface area (Å²) in [5.74, 6) is 0.172. The third-order valence-corrected chi connectivity index (χ3v) is 3.51. The molecule has 0 aliphatic carbocycles. The van der Waals surface area contributed by atoms with Crippen molar-refractivity contribution in [3.63, 3.8) is 0 Å². The maximum Gasteiger partial charge on any atom is 0.407 e. The molecule has 0 aromatic carbocycles. The molecule has 128 valence electrons. The van der Waals surface area contributed by atoms with Gasteiger partial charge in [0.2, 0.25) is 0 Å². The number of amides is 1. The molecule has 1 amide bonds. The number of likely N-dealkylation sites (tertiary alicyclic amines) is 1. The summed E-state index contributed by atoms with van der Waals surface area (Å²) in [7, 11) is 1.34. The molecule has 7 heteroatoms. The van der Waals surface area contributed by atoms with Crippen LogP contribution in [0, 0.1) is 0 Å². The molecule has 1 fully saturated rings. The van der Waals surface area contributed by atoms with Crippen molar-refractivity contribution in [2.75, 3.05) is 20.2 Å². The zero-order chi connectivity index (χ0) is 17.0. The Bertz CT molecular complexity index is 561.